The minimum Gasteiger partial charge on any atom is -0.493 e. The van der Waals surface area contributed by atoms with Crippen LogP contribution in [0.4, 0.5) is 5.69 Å². The topological polar surface area (TPSA) is 97.2 Å². The second-order valence-electron chi connectivity index (χ2n) is 10.8. The first-order valence-electron chi connectivity index (χ1n) is 12.5. The first kappa shape index (κ1) is 33.6. The van der Waals surface area contributed by atoms with Gasteiger partial charge in [-0.05, 0) is 67.6 Å². The summed E-state index contributed by atoms with van der Waals surface area (Å²) >= 11 is 0. The monoisotopic (exact) mass is 939 g/mol. The molecule has 0 bridgehead atoms. The van der Waals surface area contributed by atoms with Crippen LogP contribution in [0.5, 0.6) is 11.5 Å². The van der Waals surface area contributed by atoms with Crippen LogP contribution in [0, 0.1) is 111 Å². The predicted octanol–water partition coefficient (Wildman–Crippen LogP) is 4.10. The fraction of sp³-hybridized carbons (Fsp3) is 0.607. The van der Waals surface area contributed by atoms with E-state index in [1.165, 1.54) is 5.57 Å². The van der Waals surface area contributed by atoms with Crippen molar-refractivity contribution >= 4 is 11.7 Å². The van der Waals surface area contributed by atoms with Gasteiger partial charge in [0.1, 0.15) is 6.61 Å². The number of fused-ring (bicyclic) bond motifs is 1. The number of hydrogen-bond acceptors (Lipinski definition) is 7. The molecule has 2 radical (unpaired) electrons. The number of aliphatic hydroxyl groups excluding tert-OH is 2. The van der Waals surface area contributed by atoms with E-state index in [4.69, 9.17) is 14.2 Å². The van der Waals surface area contributed by atoms with Gasteiger partial charge < -0.3 is 29.7 Å². The van der Waals surface area contributed by atoms with Crippen molar-refractivity contribution in [2.45, 2.75) is 58.1 Å². The van der Waals surface area contributed by atoms with Gasteiger partial charge in [0.25, 0.3) is 0 Å². The smallest absolute Gasteiger partial charge is 0.336 e. The van der Waals surface area contributed by atoms with Gasteiger partial charge in [0.15, 0.2) is 11.5 Å². The molecule has 0 aromatic heterocycles. The number of ether oxygens (including phenoxy) is 3. The summed E-state index contributed by atoms with van der Waals surface area (Å²) in [4.78, 5) is 12.6. The number of carbonyl (C=O) groups excluding carboxylic acids is 1. The fourth-order valence-corrected chi connectivity index (χ4v) is 6.92. The Morgan fingerprint density at radius 3 is 2.49 bits per heavy atom. The van der Waals surface area contributed by atoms with E-state index in [2.05, 4.69) is 18.8 Å². The van der Waals surface area contributed by atoms with Crippen LogP contribution < -0.4 is 14.8 Å². The number of carbonyl (C=O) groups is 1. The first-order valence-corrected chi connectivity index (χ1v) is 12.5. The number of aliphatic hydroxyl groups is 2. The molecular weight excluding hydrogens is 900 g/mol. The Kier molecular flexibility index (Phi) is 12.5. The van der Waals surface area contributed by atoms with Crippen molar-refractivity contribution in [1.82, 2.24) is 0 Å². The van der Waals surface area contributed by atoms with Crippen molar-refractivity contribution in [1.29, 1.82) is 0 Å². The Labute approximate surface area is 292 Å². The van der Waals surface area contributed by atoms with Crippen LogP contribution in [-0.2, 0) is 9.53 Å². The fourth-order valence-electron chi connectivity index (χ4n) is 6.92. The Morgan fingerprint density at radius 1 is 1.19 bits per heavy atom. The normalized spacial score (nSPS) is 31.6. The Morgan fingerprint density at radius 2 is 1.89 bits per heavy atom. The molecule has 0 amide bonds. The summed E-state index contributed by atoms with van der Waals surface area (Å²) in [5.74, 6) is 1.21. The molecule has 1 aromatic rings. The molecule has 3 unspecified atom stereocenters. The van der Waals surface area contributed by atoms with E-state index in [0.717, 1.165) is 24.9 Å². The molecule has 37 heavy (non-hydrogen) atoms. The number of hydrogen-bond donors (Lipinski definition) is 3. The molecule has 2 saturated carbocycles. The zero-order chi connectivity index (χ0) is 25.4. The average molecular weight is 940 g/mol. The molecule has 2 fully saturated rings. The van der Waals surface area contributed by atoms with E-state index in [0.29, 0.717) is 29.9 Å². The maximum atomic E-state index is 12.6. The predicted molar refractivity (Wildman–Crippen MR) is 135 cm³/mol. The summed E-state index contributed by atoms with van der Waals surface area (Å²) in [5, 5.41) is 24.7. The molecule has 0 spiro atoms. The third kappa shape index (κ3) is 6.49. The molecule has 1 aliphatic heterocycles. The van der Waals surface area contributed by atoms with E-state index in [-0.39, 0.29) is 131 Å². The second-order valence-corrected chi connectivity index (χ2v) is 10.8. The van der Waals surface area contributed by atoms with Crippen molar-refractivity contribution in [3.8, 4) is 11.5 Å². The van der Waals surface area contributed by atoms with Gasteiger partial charge in [0.05, 0.1) is 38.5 Å². The molecule has 198 valence electrons. The van der Waals surface area contributed by atoms with Crippen LogP contribution in [0.3, 0.4) is 0 Å². The summed E-state index contributed by atoms with van der Waals surface area (Å²) in [6.45, 7) is 8.98. The summed E-state index contributed by atoms with van der Waals surface area (Å²) in [6, 6.07) is 5.33. The SMILES string of the molecule is C=C1CCC2[C@](C)(CO)C(O)CC[C@]2(C)[C@H]1CC(Nc1ccc(OC)c(OC)c1)C1=CCOC1=O.[Ac].[Ac]. The molecule has 7 nitrogen and oxygen atoms in total. The molecule has 4 rings (SSSR count). The van der Waals surface area contributed by atoms with E-state index >= 15 is 0 Å². The number of methoxy groups -OCH3 is 2. The number of cyclic esters (lactones) is 1. The van der Waals surface area contributed by atoms with Gasteiger partial charge in [-0.15, -0.1) is 0 Å². The van der Waals surface area contributed by atoms with Crippen molar-refractivity contribution in [3.05, 3.63) is 42.0 Å². The van der Waals surface area contributed by atoms with Gasteiger partial charge in [0.2, 0.25) is 0 Å². The summed E-state index contributed by atoms with van der Waals surface area (Å²) < 4.78 is 16.1. The minimum atomic E-state index is -0.552. The Hall–Kier alpha value is 0.373. The average Bonchev–Trinajstić information content (AvgIpc) is 3.28. The standard InChI is InChI=1S/C28H39NO6.2Ac/c1-17-6-9-24-27(2,12-10-25(31)28(24,3)16-30)20(17)15-21(19-11-13-35-26(19)32)29-18-7-8-22(33-4)23(14-18)34-5;;/h7-8,11,14,20-21,24-25,29-31H,1,6,9-10,12-13,15-16H2,2-5H3;;/t20-,21?,24?,25?,27+,28-;;/m0../s1. The molecule has 1 heterocycles. The van der Waals surface area contributed by atoms with Gasteiger partial charge in [-0.3, -0.25) is 0 Å². The van der Waals surface area contributed by atoms with Crippen LogP contribution in [0.2, 0.25) is 0 Å². The molecule has 3 aliphatic rings. The number of allylic oxidation sites excluding steroid dienone is 1. The number of nitrogens with one attached hydrogen (secondary N) is 1. The van der Waals surface area contributed by atoms with E-state index in [9.17, 15) is 15.0 Å². The van der Waals surface area contributed by atoms with Crippen LogP contribution in [0.25, 0.3) is 0 Å². The third-order valence-electron chi connectivity index (χ3n) is 9.02. The van der Waals surface area contributed by atoms with Crippen LogP contribution in [0.1, 0.15) is 46.0 Å². The molecule has 2 aliphatic carbocycles. The largest absolute Gasteiger partial charge is 0.493 e. The first-order chi connectivity index (χ1) is 16.7. The zero-order valence-corrected chi connectivity index (χ0v) is 31.9. The van der Waals surface area contributed by atoms with Crippen LogP contribution in [0.15, 0.2) is 42.0 Å². The van der Waals surface area contributed by atoms with Gasteiger partial charge in [-0.2, -0.15) is 0 Å². The van der Waals surface area contributed by atoms with Gasteiger partial charge in [-0.1, -0.05) is 26.0 Å². The molecular formula is C28H39Ac2NO6. The zero-order valence-electron chi connectivity index (χ0n) is 22.5. The number of esters is 1. The number of anilines is 1. The molecule has 3 N–H and O–H groups in total. The quantitative estimate of drug-likeness (QED) is 0.267. The molecule has 6 atom stereocenters. The third-order valence-corrected chi connectivity index (χ3v) is 9.02. The van der Waals surface area contributed by atoms with Crippen molar-refractivity contribution in [2.75, 3.05) is 32.8 Å². The Bertz CT molecular complexity index is 1020. The maximum absolute atomic E-state index is 12.6. The van der Waals surface area contributed by atoms with Crippen LogP contribution in [-0.4, -0.2) is 55.8 Å². The van der Waals surface area contributed by atoms with Crippen LogP contribution >= 0.6 is 0 Å². The van der Waals surface area contributed by atoms with Gasteiger partial charge in [-0.25, -0.2) is 4.79 Å². The number of benzene rings is 1. The minimum absolute atomic E-state index is 0. The maximum Gasteiger partial charge on any atom is 0.336 e. The van der Waals surface area contributed by atoms with Crippen molar-refractivity contribution < 1.29 is 117 Å². The summed E-state index contributed by atoms with van der Waals surface area (Å²) in [5.41, 5.74) is 1.91. The van der Waals surface area contributed by atoms with E-state index in [1.54, 1.807) is 14.2 Å². The second kappa shape index (κ2) is 13.8. The molecule has 1 aromatic carbocycles. The van der Waals surface area contributed by atoms with E-state index in [1.807, 2.05) is 31.2 Å². The molecule has 0 saturated heterocycles. The van der Waals surface area contributed by atoms with Crippen molar-refractivity contribution in [3.63, 3.8) is 0 Å². The summed E-state index contributed by atoms with van der Waals surface area (Å²) in [7, 11) is 3.19. The van der Waals surface area contributed by atoms with Crippen molar-refractivity contribution in [2.24, 2.45) is 22.7 Å². The van der Waals surface area contributed by atoms with Gasteiger partial charge in [0, 0.05) is 105 Å². The summed E-state index contributed by atoms with van der Waals surface area (Å²) in [6.07, 6.45) is 5.24. The van der Waals surface area contributed by atoms with E-state index < -0.39 is 11.5 Å². The number of rotatable bonds is 8. The van der Waals surface area contributed by atoms with Gasteiger partial charge >= 0.3 is 5.97 Å². The Balaban J connectivity index is 0.00000241. The molecule has 9 heteroatoms.